The van der Waals surface area contributed by atoms with Crippen molar-refractivity contribution in [1.29, 1.82) is 0 Å². The van der Waals surface area contributed by atoms with Crippen molar-refractivity contribution < 1.29 is 14.1 Å². The molecule has 0 amide bonds. The minimum atomic E-state index is -3.00. The van der Waals surface area contributed by atoms with E-state index >= 15 is 0 Å². The van der Waals surface area contributed by atoms with Crippen molar-refractivity contribution in [1.82, 2.24) is 0 Å². The van der Waals surface area contributed by atoms with Gasteiger partial charge in [-0.15, -0.1) is 0 Å². The van der Waals surface area contributed by atoms with Crippen molar-refractivity contribution in [2.75, 3.05) is 0 Å². The number of hydrogen-bond acceptors (Lipinski definition) is 3. The second-order valence-electron chi connectivity index (χ2n) is 10.3. The first kappa shape index (κ1) is 25.0. The topological polar surface area (TPSA) is 43.4 Å². The highest BCUT2D eigenvalue weighted by molar-refractivity contribution is 7.82. The maximum atomic E-state index is 14.8. The van der Waals surface area contributed by atoms with E-state index in [-0.39, 0.29) is 16.8 Å². The van der Waals surface area contributed by atoms with Crippen molar-refractivity contribution in [3.8, 4) is 5.75 Å². The van der Waals surface area contributed by atoms with Gasteiger partial charge in [-0.1, -0.05) is 75.4 Å². The van der Waals surface area contributed by atoms with E-state index in [1.54, 1.807) is 0 Å². The molecule has 0 saturated heterocycles. The number of aryl methyl sites for hydroxylation is 2. The van der Waals surface area contributed by atoms with Crippen LogP contribution >= 0.6 is 7.14 Å². The first-order valence-electron chi connectivity index (χ1n) is 13.0. The average molecular weight is 479 g/mol. The zero-order valence-electron chi connectivity index (χ0n) is 20.9. The molecule has 0 heterocycles. The third kappa shape index (κ3) is 5.25. The molecule has 3 nitrogen and oxygen atoms in total. The lowest BCUT2D eigenvalue weighted by Gasteiger charge is -2.37. The maximum absolute atomic E-state index is 14.8. The average Bonchev–Trinajstić information content (AvgIpc) is 2.88. The Bertz CT molecular complexity index is 1010. The summed E-state index contributed by atoms with van der Waals surface area (Å²) in [5, 5.41) is 0. The Morgan fingerprint density at radius 2 is 1.41 bits per heavy atom. The lowest BCUT2D eigenvalue weighted by atomic mass is 9.99. The van der Waals surface area contributed by atoms with E-state index in [1.807, 2.05) is 56.3 Å². The van der Waals surface area contributed by atoms with Gasteiger partial charge in [0, 0.05) is 16.9 Å². The number of benzene rings is 2. The third-order valence-electron chi connectivity index (χ3n) is 7.88. The summed E-state index contributed by atoms with van der Waals surface area (Å²) in [5.74, 6) is 0.806. The van der Waals surface area contributed by atoms with E-state index < -0.39 is 7.14 Å². The summed E-state index contributed by atoms with van der Waals surface area (Å²) in [6.45, 7) is 8.21. The third-order valence-corrected chi connectivity index (χ3v) is 11.9. The molecule has 2 aromatic carbocycles. The van der Waals surface area contributed by atoms with Crippen LogP contribution < -0.4 is 4.74 Å². The van der Waals surface area contributed by atoms with Gasteiger partial charge in [0.2, 0.25) is 5.52 Å². The SMILES string of the molecule is C=Cc1ccc(OCc2cc(C)c(C(=O)P(=O)(C3CCCCC3)C3CCCCC3)c(C)c2)cc1. The van der Waals surface area contributed by atoms with Crippen molar-refractivity contribution in [3.05, 3.63) is 70.8 Å². The van der Waals surface area contributed by atoms with E-state index in [0.29, 0.717) is 12.2 Å². The molecule has 2 saturated carbocycles. The van der Waals surface area contributed by atoms with Crippen molar-refractivity contribution >= 4 is 18.7 Å². The van der Waals surface area contributed by atoms with Crippen LogP contribution in [0.15, 0.2) is 43.0 Å². The summed E-state index contributed by atoms with van der Waals surface area (Å²) >= 11 is 0. The Morgan fingerprint density at radius 3 is 1.88 bits per heavy atom. The van der Waals surface area contributed by atoms with Gasteiger partial charge in [0.15, 0.2) is 7.14 Å². The number of carbonyl (C=O) groups excluding carboxylic acids is 1. The normalized spacial score (nSPS) is 17.9. The largest absolute Gasteiger partial charge is 0.489 e. The van der Waals surface area contributed by atoms with Gasteiger partial charge in [-0.3, -0.25) is 4.79 Å². The van der Waals surface area contributed by atoms with E-state index in [0.717, 1.165) is 79.4 Å². The number of ether oxygens (including phenoxy) is 1. The molecule has 0 unspecified atom stereocenters. The molecule has 4 rings (SSSR count). The van der Waals surface area contributed by atoms with Crippen LogP contribution in [0.1, 0.15) is 96.8 Å². The van der Waals surface area contributed by atoms with E-state index in [9.17, 15) is 9.36 Å². The van der Waals surface area contributed by atoms with Crippen LogP contribution in [0.2, 0.25) is 0 Å². The summed E-state index contributed by atoms with van der Waals surface area (Å²) in [6, 6.07) is 11.9. The van der Waals surface area contributed by atoms with Crippen LogP contribution in [0.5, 0.6) is 5.75 Å². The monoisotopic (exact) mass is 478 g/mol. The van der Waals surface area contributed by atoms with Gasteiger partial charge in [0.25, 0.3) is 0 Å². The second kappa shape index (κ2) is 11.1. The molecule has 2 aromatic rings. The highest BCUT2D eigenvalue weighted by Gasteiger charge is 2.47. The Balaban J connectivity index is 1.58. The molecule has 0 radical (unpaired) electrons. The molecule has 2 fully saturated rings. The molecule has 0 atom stereocenters. The van der Waals surface area contributed by atoms with Crippen molar-refractivity contribution in [2.45, 2.75) is 96.0 Å². The smallest absolute Gasteiger partial charge is 0.222 e. The first-order valence-corrected chi connectivity index (χ1v) is 14.9. The van der Waals surface area contributed by atoms with Crippen LogP contribution in [0.4, 0.5) is 0 Å². The van der Waals surface area contributed by atoms with Crippen LogP contribution in [0.3, 0.4) is 0 Å². The predicted molar refractivity (Wildman–Crippen MR) is 142 cm³/mol. The summed E-state index contributed by atoms with van der Waals surface area (Å²) in [7, 11) is -3.00. The van der Waals surface area contributed by atoms with Gasteiger partial charge in [-0.2, -0.15) is 0 Å². The van der Waals surface area contributed by atoms with Crippen LogP contribution in [0, 0.1) is 13.8 Å². The van der Waals surface area contributed by atoms with Gasteiger partial charge < -0.3 is 9.30 Å². The number of rotatable bonds is 8. The first-order chi connectivity index (χ1) is 16.4. The van der Waals surface area contributed by atoms with Crippen molar-refractivity contribution in [3.63, 3.8) is 0 Å². The molecule has 182 valence electrons. The molecule has 0 aliphatic heterocycles. The van der Waals surface area contributed by atoms with Crippen molar-refractivity contribution in [2.24, 2.45) is 0 Å². The number of hydrogen-bond donors (Lipinski definition) is 0. The van der Waals surface area contributed by atoms with Gasteiger partial charge in [0.05, 0.1) is 0 Å². The van der Waals surface area contributed by atoms with Crippen LogP contribution in [-0.2, 0) is 11.2 Å². The Kier molecular flexibility index (Phi) is 8.14. The molecule has 2 aliphatic carbocycles. The fourth-order valence-corrected chi connectivity index (χ4v) is 10.3. The Morgan fingerprint density at radius 1 is 0.912 bits per heavy atom. The molecular formula is C30H39O3P. The summed E-state index contributed by atoms with van der Waals surface area (Å²) in [6.07, 6.45) is 12.5. The standard InChI is InChI=1S/C30H39O3P/c1-4-24-15-17-26(18-16-24)33-21-25-19-22(2)29(23(3)20-25)30(31)34(32,27-11-7-5-8-12-27)28-13-9-6-10-14-28/h4,15-20,27-28H,1,5-14,21H2,2-3H3. The van der Waals surface area contributed by atoms with Gasteiger partial charge in [-0.25, -0.2) is 0 Å². The lowest BCUT2D eigenvalue weighted by molar-refractivity contribution is 0.106. The maximum Gasteiger partial charge on any atom is 0.222 e. The van der Waals surface area contributed by atoms with E-state index in [2.05, 4.69) is 6.58 Å². The lowest BCUT2D eigenvalue weighted by Crippen LogP contribution is -2.28. The van der Waals surface area contributed by atoms with Gasteiger partial charge in [0.1, 0.15) is 12.4 Å². The molecular weight excluding hydrogens is 439 g/mol. The molecule has 0 bridgehead atoms. The fourth-order valence-electron chi connectivity index (χ4n) is 6.07. The zero-order chi connectivity index (χ0) is 24.1. The predicted octanol–water partition coefficient (Wildman–Crippen LogP) is 8.69. The molecule has 34 heavy (non-hydrogen) atoms. The molecule has 0 aromatic heterocycles. The zero-order valence-corrected chi connectivity index (χ0v) is 21.7. The quantitative estimate of drug-likeness (QED) is 0.356. The Labute approximate surface area is 205 Å². The molecule has 0 N–H and O–H groups in total. The minimum Gasteiger partial charge on any atom is -0.489 e. The summed E-state index contributed by atoms with van der Waals surface area (Å²) < 4.78 is 20.8. The number of carbonyl (C=O) groups is 1. The van der Waals surface area contributed by atoms with Gasteiger partial charge >= 0.3 is 0 Å². The molecule has 2 aliphatic rings. The highest BCUT2D eigenvalue weighted by atomic mass is 31.2. The van der Waals surface area contributed by atoms with Gasteiger partial charge in [-0.05, 0) is 73.9 Å². The van der Waals surface area contributed by atoms with Crippen LogP contribution in [0.25, 0.3) is 6.08 Å². The Hall–Kier alpha value is -2.12. The summed E-state index contributed by atoms with van der Waals surface area (Å²) in [5.41, 5.74) is 4.78. The summed E-state index contributed by atoms with van der Waals surface area (Å²) in [4.78, 5) is 14.2. The highest BCUT2D eigenvalue weighted by Crippen LogP contribution is 2.64. The molecule has 0 spiro atoms. The minimum absolute atomic E-state index is 0.0335. The molecule has 4 heteroatoms. The second-order valence-corrected chi connectivity index (χ2v) is 13.6. The van der Waals surface area contributed by atoms with Crippen LogP contribution in [-0.4, -0.2) is 16.8 Å². The van der Waals surface area contributed by atoms with E-state index in [1.165, 1.54) is 12.8 Å². The van der Waals surface area contributed by atoms with E-state index in [4.69, 9.17) is 4.74 Å². The fraction of sp³-hybridized carbons (Fsp3) is 0.500.